The number of hydrogen-bond acceptors (Lipinski definition) is 15. The first kappa shape index (κ1) is 37.2. The molecule has 0 saturated heterocycles. The second kappa shape index (κ2) is 25.2. The molecule has 0 aliphatic heterocycles. The lowest BCUT2D eigenvalue weighted by atomic mass is 10.2. The predicted molar refractivity (Wildman–Crippen MR) is 201 cm³/mol. The quantitative estimate of drug-likeness (QED) is 0.0395. The Hall–Kier alpha value is 5.25. The molecule has 15 heteroatoms. The molecule has 0 aromatic heterocycles. The zero-order valence-electron chi connectivity index (χ0n) is 17.7. The smallest absolute Gasteiger partial charge is 0.0769 e. The normalized spacial score (nSPS) is 15.3. The van der Waals surface area contributed by atoms with Crippen molar-refractivity contribution in [2.75, 3.05) is 60.6 Å². The average Bonchev–Trinajstić information content (AvgIpc) is 2.78. The maximum Gasteiger partial charge on any atom is 0.0769 e. The van der Waals surface area contributed by atoms with Gasteiger partial charge in [0.1, 0.15) is 0 Å². The maximum atomic E-state index is 5.14. The number of hydrogen-bond donors (Lipinski definition) is 8. The van der Waals surface area contributed by atoms with Crippen molar-refractivity contribution in [3.8, 4) is 0 Å². The molecule has 0 aromatic carbocycles. The molecule has 0 bridgehead atoms. The molecule has 0 aromatic rings. The van der Waals surface area contributed by atoms with Crippen LogP contribution in [0.15, 0.2) is 0 Å². The van der Waals surface area contributed by atoms with Crippen molar-refractivity contribution in [3.05, 3.63) is 0 Å². The summed E-state index contributed by atoms with van der Waals surface area (Å²) in [6.07, 6.45) is 1.03. The van der Waals surface area contributed by atoms with E-state index in [1.165, 1.54) is 0 Å². The summed E-state index contributed by atoms with van der Waals surface area (Å²) < 4.78 is 0.402. The van der Waals surface area contributed by atoms with Gasteiger partial charge in [-0.25, -0.2) is 0 Å². The summed E-state index contributed by atoms with van der Waals surface area (Å²) in [6, 6.07) is 0. The summed E-state index contributed by atoms with van der Waals surface area (Å²) in [4.78, 5) is 0. The Morgan fingerprint density at radius 2 is 1.16 bits per heavy atom. The first-order valence-electron chi connectivity index (χ1n) is 9.72. The fourth-order valence-electron chi connectivity index (χ4n) is 2.48. The van der Waals surface area contributed by atoms with Crippen LogP contribution >= 0.6 is 183 Å². The van der Waals surface area contributed by atoms with Gasteiger partial charge in [-0.15, -0.1) is 47.0 Å². The van der Waals surface area contributed by atoms with Crippen molar-refractivity contribution in [2.24, 2.45) is 0 Å². The van der Waals surface area contributed by atoms with Crippen molar-refractivity contribution in [1.29, 1.82) is 0 Å². The molecular weight excluding hydrogens is 685 g/mol. The second-order valence-corrected chi connectivity index (χ2v) is 20.3. The Labute approximate surface area is 271 Å². The van der Waals surface area contributed by atoms with Crippen molar-refractivity contribution in [3.63, 3.8) is 0 Å². The van der Waals surface area contributed by atoms with E-state index in [2.05, 4.69) is 88.4 Å². The van der Waals surface area contributed by atoms with E-state index in [-0.39, 0.29) is 9.33 Å². The molecule has 194 valence electrons. The zero-order chi connectivity index (χ0) is 24.2. The summed E-state index contributed by atoms with van der Waals surface area (Å²) in [5.74, 6) is 7.05. The van der Waals surface area contributed by atoms with Crippen LogP contribution < -0.4 is 0 Å². The highest BCUT2D eigenvalue weighted by Gasteiger charge is 2.40. The van der Waals surface area contributed by atoms with Crippen molar-refractivity contribution < 1.29 is 0 Å². The van der Waals surface area contributed by atoms with Crippen molar-refractivity contribution in [2.45, 2.75) is 30.8 Å². The Kier molecular flexibility index (Phi) is 29.4. The Morgan fingerprint density at radius 3 is 1.59 bits per heavy atom. The SMILES string of the molecule is SCCSC(CS)CSCC(CS)SCC(S)C(CC(SCS)SCS)(SCS)SCS. The topological polar surface area (TPSA) is 0 Å². The lowest BCUT2D eigenvalue weighted by molar-refractivity contribution is 0.758. The second-order valence-electron chi connectivity index (χ2n) is 6.17. The standard InChI is InChI=1S/C17H36S15/c18-1-2-27-13(4-19)6-26-7-14(5-20)28-8-15(25)17(31-11-23,32-12-24)3-16(29-9-21)30-10-22/h13-16,18-25H,1-12H2. The lowest BCUT2D eigenvalue weighted by Crippen LogP contribution is -2.37. The molecule has 32 heavy (non-hydrogen) atoms. The third kappa shape index (κ3) is 17.0. The van der Waals surface area contributed by atoms with Crippen LogP contribution in [0, 0.1) is 0 Å². The third-order valence-corrected chi connectivity index (χ3v) is 18.1. The summed E-state index contributed by atoms with van der Waals surface area (Å²) in [5.41, 5.74) is 0. The highest BCUT2D eigenvalue weighted by Crippen LogP contribution is 2.51. The van der Waals surface area contributed by atoms with E-state index in [0.29, 0.717) is 15.1 Å². The van der Waals surface area contributed by atoms with Gasteiger partial charge in [-0.3, -0.25) is 0 Å². The Morgan fingerprint density at radius 1 is 0.625 bits per heavy atom. The first-order valence-corrected chi connectivity index (χ1v) is 22.0. The maximum absolute atomic E-state index is 5.14. The van der Waals surface area contributed by atoms with Crippen LogP contribution in [0.2, 0.25) is 0 Å². The Balaban J connectivity index is 4.95. The molecule has 0 aliphatic rings. The van der Waals surface area contributed by atoms with E-state index in [9.17, 15) is 0 Å². The van der Waals surface area contributed by atoms with Gasteiger partial charge in [0.05, 0.1) is 8.66 Å². The summed E-state index contributed by atoms with van der Waals surface area (Å²) >= 11 is 50.2. The average molecular weight is 721 g/mol. The summed E-state index contributed by atoms with van der Waals surface area (Å²) in [6.45, 7) is 0. The highest BCUT2D eigenvalue weighted by atomic mass is 32.2. The van der Waals surface area contributed by atoms with Crippen LogP contribution in [-0.2, 0) is 0 Å². The third-order valence-electron chi connectivity index (χ3n) is 4.05. The summed E-state index contributed by atoms with van der Waals surface area (Å²) in [5, 5.41) is 4.50. The minimum absolute atomic E-state index is 0.0366. The van der Waals surface area contributed by atoms with Gasteiger partial charge in [0.2, 0.25) is 0 Å². The fraction of sp³-hybridized carbons (Fsp3) is 1.00. The number of thiol groups is 8. The lowest BCUT2D eigenvalue weighted by Gasteiger charge is -2.39. The van der Waals surface area contributed by atoms with Gasteiger partial charge in [-0.05, 0) is 12.2 Å². The molecular formula is C17H36S15. The van der Waals surface area contributed by atoms with E-state index in [1.54, 1.807) is 0 Å². The van der Waals surface area contributed by atoms with Crippen LogP contribution in [0.1, 0.15) is 6.42 Å². The van der Waals surface area contributed by atoms with Crippen LogP contribution in [0.3, 0.4) is 0 Å². The van der Waals surface area contributed by atoms with Gasteiger partial charge >= 0.3 is 0 Å². The van der Waals surface area contributed by atoms with Gasteiger partial charge in [-0.2, -0.15) is 136 Å². The minimum Gasteiger partial charge on any atom is -0.179 e. The fourth-order valence-corrected chi connectivity index (χ4v) is 16.8. The van der Waals surface area contributed by atoms with Gasteiger partial charge in [0, 0.05) is 70.6 Å². The largest absolute Gasteiger partial charge is 0.179 e. The van der Waals surface area contributed by atoms with Crippen LogP contribution in [0.25, 0.3) is 0 Å². The highest BCUT2D eigenvalue weighted by molar-refractivity contribution is 8.25. The van der Waals surface area contributed by atoms with Gasteiger partial charge < -0.3 is 0 Å². The zero-order valence-corrected chi connectivity index (χ0v) is 30.6. The van der Waals surface area contributed by atoms with E-state index in [4.69, 9.17) is 12.6 Å². The van der Waals surface area contributed by atoms with E-state index >= 15 is 0 Å². The van der Waals surface area contributed by atoms with E-state index in [0.717, 1.165) is 67.0 Å². The molecule has 0 amide bonds. The van der Waals surface area contributed by atoms with Crippen molar-refractivity contribution >= 4 is 183 Å². The molecule has 0 fully saturated rings. The molecule has 3 unspecified atom stereocenters. The number of thioether (sulfide) groups is 7. The molecule has 0 saturated carbocycles. The summed E-state index contributed by atoms with van der Waals surface area (Å²) in [7, 11) is 0. The van der Waals surface area contributed by atoms with Crippen LogP contribution in [-0.4, -0.2) is 85.0 Å². The van der Waals surface area contributed by atoms with Gasteiger partial charge in [-0.1, -0.05) is 0 Å². The molecule has 0 spiro atoms. The Bertz CT molecular complexity index is 403. The van der Waals surface area contributed by atoms with Crippen LogP contribution in [0.4, 0.5) is 0 Å². The molecule has 0 radical (unpaired) electrons. The molecule has 0 rings (SSSR count). The minimum atomic E-state index is -0.0366. The molecule has 0 heterocycles. The van der Waals surface area contributed by atoms with E-state index < -0.39 is 0 Å². The van der Waals surface area contributed by atoms with Gasteiger partial charge in [0.25, 0.3) is 0 Å². The monoisotopic (exact) mass is 720 g/mol. The molecule has 0 N–H and O–H groups in total. The molecule has 0 nitrogen and oxygen atoms in total. The molecule has 3 atom stereocenters. The van der Waals surface area contributed by atoms with Crippen molar-refractivity contribution in [1.82, 2.24) is 0 Å². The first-order chi connectivity index (χ1) is 15.5. The molecule has 0 aliphatic carbocycles. The predicted octanol–water partition coefficient (Wildman–Crippen LogP) is 7.91. The number of rotatable bonds is 23. The van der Waals surface area contributed by atoms with Gasteiger partial charge in [0.15, 0.2) is 0 Å². The van der Waals surface area contributed by atoms with E-state index in [1.807, 2.05) is 82.3 Å². The van der Waals surface area contributed by atoms with Crippen LogP contribution in [0.5, 0.6) is 0 Å².